The minimum Gasteiger partial charge on any atom is -0.392 e. The quantitative estimate of drug-likeness (QED) is 0.915. The minimum absolute atomic E-state index is 0.00461. The number of pyridine rings is 1. The molecule has 19 heavy (non-hydrogen) atoms. The molecule has 0 aliphatic carbocycles. The highest BCUT2D eigenvalue weighted by Crippen LogP contribution is 2.28. The number of hydrogen-bond donors (Lipinski definition) is 1. The van der Waals surface area contributed by atoms with Gasteiger partial charge in [0.25, 0.3) is 0 Å². The summed E-state index contributed by atoms with van der Waals surface area (Å²) in [6.45, 7) is 6.05. The highest BCUT2D eigenvalue weighted by molar-refractivity contribution is 5.63. The lowest BCUT2D eigenvalue weighted by Gasteiger charge is -2.22. The van der Waals surface area contributed by atoms with Crippen LogP contribution in [0.25, 0.3) is 0 Å². The lowest BCUT2D eigenvalue weighted by Crippen LogP contribution is -2.15. The van der Waals surface area contributed by atoms with Crippen molar-refractivity contribution in [3.05, 3.63) is 52.7 Å². The third-order valence-corrected chi connectivity index (χ3v) is 3.35. The van der Waals surface area contributed by atoms with Crippen molar-refractivity contribution in [1.82, 2.24) is 4.98 Å². The van der Waals surface area contributed by atoms with Gasteiger partial charge in [-0.2, -0.15) is 0 Å². The Balaban J connectivity index is 2.48. The number of aryl methyl sites for hydroxylation is 3. The third kappa shape index (κ3) is 2.76. The van der Waals surface area contributed by atoms with Crippen LogP contribution in [0.4, 0.5) is 11.5 Å². The van der Waals surface area contributed by atoms with Crippen LogP contribution < -0.4 is 4.90 Å². The molecule has 0 fully saturated rings. The SMILES string of the molecule is Cc1ccc(N(C)c2nc(C)cc(C)c2CO)cc1. The first kappa shape index (κ1) is 13.6. The molecule has 1 N–H and O–H groups in total. The summed E-state index contributed by atoms with van der Waals surface area (Å²) in [6, 6.07) is 10.3. The molecule has 3 heteroatoms. The van der Waals surface area contributed by atoms with Gasteiger partial charge < -0.3 is 10.0 Å². The fourth-order valence-electron chi connectivity index (χ4n) is 2.21. The maximum Gasteiger partial charge on any atom is 0.138 e. The largest absolute Gasteiger partial charge is 0.392 e. The number of aromatic nitrogens is 1. The molecule has 0 atom stereocenters. The van der Waals surface area contributed by atoms with Crippen LogP contribution in [0.5, 0.6) is 0 Å². The standard InChI is InChI=1S/C16H20N2O/c1-11-5-7-14(8-6-11)18(4)16-15(10-19)12(2)9-13(3)17-16/h5-9,19H,10H2,1-4H3. The topological polar surface area (TPSA) is 36.4 Å². The highest BCUT2D eigenvalue weighted by Gasteiger charge is 2.13. The van der Waals surface area contributed by atoms with Crippen molar-refractivity contribution in [3.63, 3.8) is 0 Å². The number of nitrogens with zero attached hydrogens (tertiary/aromatic N) is 2. The van der Waals surface area contributed by atoms with Gasteiger partial charge in [0.2, 0.25) is 0 Å². The molecule has 0 bridgehead atoms. The zero-order valence-electron chi connectivity index (χ0n) is 11.9. The summed E-state index contributed by atoms with van der Waals surface area (Å²) in [7, 11) is 1.98. The Bertz CT molecular complexity index is 576. The lowest BCUT2D eigenvalue weighted by atomic mass is 10.1. The maximum absolute atomic E-state index is 9.56. The summed E-state index contributed by atoms with van der Waals surface area (Å²) in [5.41, 5.74) is 5.21. The van der Waals surface area contributed by atoms with E-state index in [2.05, 4.69) is 36.2 Å². The van der Waals surface area contributed by atoms with E-state index in [0.29, 0.717) is 0 Å². The Morgan fingerprint density at radius 3 is 2.32 bits per heavy atom. The normalized spacial score (nSPS) is 10.6. The smallest absolute Gasteiger partial charge is 0.138 e. The van der Waals surface area contributed by atoms with E-state index in [-0.39, 0.29) is 6.61 Å². The van der Waals surface area contributed by atoms with E-state index in [1.165, 1.54) is 5.56 Å². The average Bonchev–Trinajstić information content (AvgIpc) is 2.38. The second-order valence-electron chi connectivity index (χ2n) is 4.94. The van der Waals surface area contributed by atoms with Gasteiger partial charge in [-0.3, -0.25) is 0 Å². The molecule has 2 aromatic rings. The average molecular weight is 256 g/mol. The monoisotopic (exact) mass is 256 g/mol. The number of aliphatic hydroxyl groups is 1. The molecule has 0 radical (unpaired) electrons. The molecule has 1 aromatic carbocycles. The van der Waals surface area contributed by atoms with Gasteiger partial charge in [-0.1, -0.05) is 17.7 Å². The van der Waals surface area contributed by atoms with Gasteiger partial charge in [-0.25, -0.2) is 4.98 Å². The summed E-state index contributed by atoms with van der Waals surface area (Å²) in [4.78, 5) is 6.59. The molecule has 0 amide bonds. The van der Waals surface area contributed by atoms with Gasteiger partial charge in [-0.15, -0.1) is 0 Å². The number of rotatable bonds is 3. The zero-order chi connectivity index (χ0) is 14.0. The zero-order valence-corrected chi connectivity index (χ0v) is 11.9. The second-order valence-corrected chi connectivity index (χ2v) is 4.94. The van der Waals surface area contributed by atoms with Gasteiger partial charge in [0.15, 0.2) is 0 Å². The predicted molar refractivity (Wildman–Crippen MR) is 78.9 cm³/mol. The van der Waals surface area contributed by atoms with Crippen LogP contribution in [0.1, 0.15) is 22.4 Å². The van der Waals surface area contributed by atoms with Crippen LogP contribution in [-0.4, -0.2) is 17.1 Å². The molecule has 1 aromatic heterocycles. The molecule has 0 aliphatic rings. The van der Waals surface area contributed by atoms with Crippen molar-refractivity contribution < 1.29 is 5.11 Å². The van der Waals surface area contributed by atoms with E-state index in [0.717, 1.165) is 28.3 Å². The predicted octanol–water partition coefficient (Wildman–Crippen LogP) is 3.27. The maximum atomic E-state index is 9.56. The van der Waals surface area contributed by atoms with Gasteiger partial charge in [-0.05, 0) is 44.5 Å². The van der Waals surface area contributed by atoms with Crippen LogP contribution in [0.2, 0.25) is 0 Å². The van der Waals surface area contributed by atoms with Gasteiger partial charge >= 0.3 is 0 Å². The van der Waals surface area contributed by atoms with Crippen LogP contribution in [-0.2, 0) is 6.61 Å². The Kier molecular flexibility index (Phi) is 3.86. The van der Waals surface area contributed by atoms with E-state index in [1.807, 2.05) is 31.9 Å². The molecule has 2 rings (SSSR count). The van der Waals surface area contributed by atoms with Crippen molar-refractivity contribution in [1.29, 1.82) is 0 Å². The van der Waals surface area contributed by atoms with E-state index in [4.69, 9.17) is 0 Å². The fourth-order valence-corrected chi connectivity index (χ4v) is 2.21. The number of hydrogen-bond acceptors (Lipinski definition) is 3. The summed E-state index contributed by atoms with van der Waals surface area (Å²) >= 11 is 0. The Labute approximate surface area is 114 Å². The van der Waals surface area contributed by atoms with E-state index < -0.39 is 0 Å². The molecule has 0 unspecified atom stereocenters. The Morgan fingerprint density at radius 1 is 1.11 bits per heavy atom. The Morgan fingerprint density at radius 2 is 1.74 bits per heavy atom. The van der Waals surface area contributed by atoms with Crippen molar-refractivity contribution in [2.45, 2.75) is 27.4 Å². The molecule has 0 saturated heterocycles. The molecular formula is C16H20N2O. The first-order valence-electron chi connectivity index (χ1n) is 6.41. The highest BCUT2D eigenvalue weighted by atomic mass is 16.3. The van der Waals surface area contributed by atoms with Crippen molar-refractivity contribution >= 4 is 11.5 Å². The minimum atomic E-state index is 0.00461. The number of benzene rings is 1. The number of aliphatic hydroxyl groups excluding tert-OH is 1. The molecule has 100 valence electrons. The fraction of sp³-hybridized carbons (Fsp3) is 0.312. The lowest BCUT2D eigenvalue weighted by molar-refractivity contribution is 0.281. The molecular weight excluding hydrogens is 236 g/mol. The molecule has 0 aliphatic heterocycles. The second kappa shape index (κ2) is 5.41. The van der Waals surface area contributed by atoms with Gasteiger partial charge in [0, 0.05) is 24.0 Å². The van der Waals surface area contributed by atoms with Crippen LogP contribution in [0.3, 0.4) is 0 Å². The third-order valence-electron chi connectivity index (χ3n) is 3.35. The van der Waals surface area contributed by atoms with Crippen LogP contribution in [0.15, 0.2) is 30.3 Å². The first-order chi connectivity index (χ1) is 9.02. The van der Waals surface area contributed by atoms with Crippen molar-refractivity contribution in [3.8, 4) is 0 Å². The first-order valence-corrected chi connectivity index (χ1v) is 6.41. The van der Waals surface area contributed by atoms with Gasteiger partial charge in [0.1, 0.15) is 5.82 Å². The summed E-state index contributed by atoms with van der Waals surface area (Å²) in [5, 5.41) is 9.56. The van der Waals surface area contributed by atoms with E-state index in [9.17, 15) is 5.11 Å². The van der Waals surface area contributed by atoms with Crippen molar-refractivity contribution in [2.75, 3.05) is 11.9 Å². The molecule has 0 saturated carbocycles. The van der Waals surface area contributed by atoms with Gasteiger partial charge in [0.05, 0.1) is 6.61 Å². The summed E-state index contributed by atoms with van der Waals surface area (Å²) in [5.74, 6) is 0.823. The molecule has 1 heterocycles. The van der Waals surface area contributed by atoms with Crippen LogP contribution in [0, 0.1) is 20.8 Å². The Hall–Kier alpha value is -1.87. The van der Waals surface area contributed by atoms with Crippen LogP contribution >= 0.6 is 0 Å². The van der Waals surface area contributed by atoms with E-state index in [1.54, 1.807) is 0 Å². The number of anilines is 2. The molecule has 3 nitrogen and oxygen atoms in total. The molecule has 0 spiro atoms. The van der Waals surface area contributed by atoms with Crippen molar-refractivity contribution in [2.24, 2.45) is 0 Å². The van der Waals surface area contributed by atoms with E-state index >= 15 is 0 Å². The summed E-state index contributed by atoms with van der Waals surface area (Å²) in [6.07, 6.45) is 0. The summed E-state index contributed by atoms with van der Waals surface area (Å²) < 4.78 is 0.